The van der Waals surface area contributed by atoms with Gasteiger partial charge in [0.1, 0.15) is 0 Å². The summed E-state index contributed by atoms with van der Waals surface area (Å²) < 4.78 is 14.8. The highest BCUT2D eigenvalue weighted by Crippen LogP contribution is 2.51. The van der Waals surface area contributed by atoms with Crippen molar-refractivity contribution in [3.8, 4) is 0 Å². The molecule has 612 valence electrons. The van der Waals surface area contributed by atoms with E-state index in [0.717, 1.165) is 45.8 Å². The molecular weight excluding hydrogens is 1260 g/mol. The van der Waals surface area contributed by atoms with E-state index in [1.807, 2.05) is 0 Å². The predicted octanol–water partition coefficient (Wildman–Crippen LogP) is 34.0. The van der Waals surface area contributed by atoms with Crippen molar-refractivity contribution in [3.63, 3.8) is 0 Å². The summed E-state index contributed by atoms with van der Waals surface area (Å²) >= 11 is 0. The minimum atomic E-state index is -0.480. The zero-order valence-corrected chi connectivity index (χ0v) is 71.2. The zero-order chi connectivity index (χ0) is 72.9. The molecule has 0 radical (unpaired) electrons. The summed E-state index contributed by atoms with van der Waals surface area (Å²) in [4.78, 5) is 2.92. The molecule has 4 heteroatoms. The van der Waals surface area contributed by atoms with Crippen LogP contribution in [0.25, 0.3) is 0 Å². The van der Waals surface area contributed by atoms with Crippen LogP contribution in [0.2, 0.25) is 0 Å². The van der Waals surface area contributed by atoms with E-state index < -0.39 is 5.79 Å². The fourth-order valence-electron chi connectivity index (χ4n) is 19.1. The van der Waals surface area contributed by atoms with E-state index in [-0.39, 0.29) is 5.41 Å². The van der Waals surface area contributed by atoms with Gasteiger partial charge in [0.05, 0.1) is 13.2 Å². The third kappa shape index (κ3) is 58.0. The number of ether oxygens (including phenoxy) is 2. The van der Waals surface area contributed by atoms with Crippen molar-refractivity contribution in [2.45, 2.75) is 558 Å². The van der Waals surface area contributed by atoms with Gasteiger partial charge in [-0.1, -0.05) is 538 Å². The molecule has 0 amide bonds. The monoisotopic (exact) mass is 1450 g/mol. The van der Waals surface area contributed by atoms with Crippen molar-refractivity contribution >= 4 is 0 Å². The first kappa shape index (κ1) is 95.4. The van der Waals surface area contributed by atoms with Gasteiger partial charge >= 0.3 is 0 Å². The molecule has 4 rings (SSSR count). The molecule has 1 atom stereocenters. The molecule has 104 heavy (non-hydrogen) atoms. The quantitative estimate of drug-likeness (QED) is 0.320. The molecule has 1 aromatic rings. The Kier molecular flexibility index (Phi) is 69.8. The first-order valence-corrected chi connectivity index (χ1v) is 49.6. The molecule has 2 spiro atoms. The molecule has 1 saturated carbocycles. The Hall–Kier alpha value is -0.940. The van der Waals surface area contributed by atoms with Crippen molar-refractivity contribution in [2.75, 3.05) is 39.4 Å². The van der Waals surface area contributed by atoms with Crippen LogP contribution in [0.5, 0.6) is 0 Å². The Labute approximate surface area is 654 Å². The highest BCUT2D eigenvalue weighted by atomic mass is 16.7. The first-order chi connectivity index (χ1) is 51.8. The fraction of sp³-hybridized carbons (Fsp3) is 0.940. The number of nitrogens with one attached hydrogen (secondary N) is 1. The molecule has 2 aliphatic heterocycles. The van der Waals surface area contributed by atoms with Crippen molar-refractivity contribution < 1.29 is 9.47 Å². The first-order valence-electron chi connectivity index (χ1n) is 49.6. The maximum Gasteiger partial charge on any atom is 0.175 e. The van der Waals surface area contributed by atoms with Crippen LogP contribution < -0.4 is 5.32 Å². The van der Waals surface area contributed by atoms with E-state index in [4.69, 9.17) is 9.47 Å². The second kappa shape index (κ2) is 76.1. The Bertz CT molecular complexity index is 1750. The number of rotatable bonds is 2. The summed E-state index contributed by atoms with van der Waals surface area (Å²) in [6.07, 6.45) is 122. The topological polar surface area (TPSA) is 33.7 Å². The summed E-state index contributed by atoms with van der Waals surface area (Å²) in [7, 11) is 0. The summed E-state index contributed by atoms with van der Waals surface area (Å²) in [5.41, 5.74) is 1.45. The minimum absolute atomic E-state index is 0.0151. The average Bonchev–Trinajstić information content (AvgIpc) is 1.46. The molecular formula is C100H190N2O2. The number of fused-ring (bicyclic) bond motifs is 1. The molecule has 3 aliphatic rings. The van der Waals surface area contributed by atoms with Gasteiger partial charge in [0.15, 0.2) is 5.79 Å². The fourth-order valence-corrected chi connectivity index (χ4v) is 19.1. The van der Waals surface area contributed by atoms with Gasteiger partial charge in [-0.25, -0.2) is 0 Å². The Balaban J connectivity index is 1.37. The van der Waals surface area contributed by atoms with E-state index in [1.54, 1.807) is 0 Å². The van der Waals surface area contributed by atoms with Crippen LogP contribution in [-0.2, 0) is 16.0 Å². The van der Waals surface area contributed by atoms with Crippen LogP contribution in [0, 0.1) is 5.41 Å². The van der Waals surface area contributed by atoms with Crippen molar-refractivity contribution in [3.05, 3.63) is 35.9 Å². The van der Waals surface area contributed by atoms with Crippen LogP contribution in [0.1, 0.15) is 551 Å². The van der Waals surface area contributed by atoms with Gasteiger partial charge in [-0.15, -0.1) is 0 Å². The summed E-state index contributed by atoms with van der Waals surface area (Å²) in [5, 5.41) is 3.97. The molecule has 3 fully saturated rings. The van der Waals surface area contributed by atoms with Crippen LogP contribution in [0.4, 0.5) is 0 Å². The smallest absolute Gasteiger partial charge is 0.175 e. The van der Waals surface area contributed by atoms with Gasteiger partial charge in [0, 0.05) is 24.9 Å². The van der Waals surface area contributed by atoms with Gasteiger partial charge in [-0.2, -0.15) is 0 Å². The Morgan fingerprint density at radius 1 is 0.221 bits per heavy atom. The molecule has 1 aromatic carbocycles. The van der Waals surface area contributed by atoms with E-state index >= 15 is 0 Å². The van der Waals surface area contributed by atoms with Crippen LogP contribution in [0.3, 0.4) is 0 Å². The van der Waals surface area contributed by atoms with Crippen LogP contribution in [-0.4, -0.2) is 50.1 Å². The summed E-state index contributed by atoms with van der Waals surface area (Å²) in [6.45, 7) is 7.10. The van der Waals surface area contributed by atoms with E-state index in [2.05, 4.69) is 40.5 Å². The Morgan fingerprint density at radius 3 is 0.644 bits per heavy atom. The highest BCUT2D eigenvalue weighted by molar-refractivity contribution is 5.15. The number of benzene rings is 1. The normalized spacial score (nSPS) is 25.7. The highest BCUT2D eigenvalue weighted by Gasteiger charge is 2.55. The number of hydrogen-bond acceptors (Lipinski definition) is 4. The van der Waals surface area contributed by atoms with Crippen molar-refractivity contribution in [2.24, 2.45) is 5.41 Å². The summed E-state index contributed by atoms with van der Waals surface area (Å²) in [6, 6.07) is 11.6. The third-order valence-corrected chi connectivity index (χ3v) is 26.1. The summed E-state index contributed by atoms with van der Waals surface area (Å²) in [5.74, 6) is -0.480. The van der Waals surface area contributed by atoms with E-state index in [0.29, 0.717) is 0 Å². The number of nitrogens with zero attached hydrogens (tertiary/aromatic N) is 1. The molecule has 2 saturated heterocycles. The third-order valence-electron chi connectivity index (χ3n) is 26.1. The largest absolute Gasteiger partial charge is 0.347 e. The van der Waals surface area contributed by atoms with Crippen LogP contribution in [0.15, 0.2) is 30.3 Å². The maximum atomic E-state index is 7.38. The lowest BCUT2D eigenvalue weighted by molar-refractivity contribution is -0.254. The molecule has 0 aromatic heterocycles. The molecule has 1 unspecified atom stereocenters. The average molecular weight is 1450 g/mol. The van der Waals surface area contributed by atoms with E-state index in [1.165, 1.54) is 551 Å². The van der Waals surface area contributed by atoms with E-state index in [9.17, 15) is 0 Å². The van der Waals surface area contributed by atoms with Crippen molar-refractivity contribution in [1.82, 2.24) is 10.2 Å². The molecule has 4 nitrogen and oxygen atoms in total. The Morgan fingerprint density at radius 2 is 0.413 bits per heavy atom. The lowest BCUT2D eigenvalue weighted by Gasteiger charge is -2.50. The van der Waals surface area contributed by atoms with Gasteiger partial charge in [0.25, 0.3) is 0 Å². The lowest BCUT2D eigenvalue weighted by Crippen LogP contribution is -2.55. The standard InChI is InChI=1S/C100H190N2O2/c1-2-4-6-10-14-18-22-26-30-34-38-42-46-50-54-58-62-66-70-74-81-88-99(100(103-94-95-104-100)90-83-76-72-68-64-60-56-52-48-44-40-36-32-28-24-20-16-12-7-5-3-1)89-82-75-71-67-63-59-55-51-47-43-39-35-31-27-23-19-15-11-8-9-13-17-21-25-29-33-37-41-45-49-53-57-61-65-69-73-77-84-91-101-92-85-93-102(97-99)96-98-86-79-78-80-87-98/h78-80,86-87,101H,1-77,81-85,88-97H2. The van der Waals surface area contributed by atoms with Crippen LogP contribution >= 0.6 is 0 Å². The zero-order valence-electron chi connectivity index (χ0n) is 71.2. The predicted molar refractivity (Wildman–Crippen MR) is 464 cm³/mol. The second-order valence-electron chi connectivity index (χ2n) is 35.9. The molecule has 1 aliphatic carbocycles. The lowest BCUT2D eigenvalue weighted by atomic mass is 9.68. The SMILES string of the molecule is c1ccc(CN2CCCNCCCCCCCCCCCCCCCCCCCCCCCCCCCCCCCCCCCCCCCCC3(CCCCCCCCCCCCCCCCCCCCCCCCCCCCCCCCCCCCCCCCCCCCCC34OCCO4)C2)cc1. The second-order valence-corrected chi connectivity index (χ2v) is 35.9. The van der Waals surface area contributed by atoms with Crippen molar-refractivity contribution in [1.29, 1.82) is 0 Å². The van der Waals surface area contributed by atoms with Gasteiger partial charge < -0.3 is 14.8 Å². The molecule has 2 heterocycles. The van der Waals surface area contributed by atoms with Gasteiger partial charge in [0.2, 0.25) is 0 Å². The van der Waals surface area contributed by atoms with Gasteiger partial charge in [-0.05, 0) is 57.3 Å². The van der Waals surface area contributed by atoms with Gasteiger partial charge in [-0.3, -0.25) is 4.90 Å². The molecule has 1 N–H and O–H groups in total. The maximum absolute atomic E-state index is 7.38. The minimum Gasteiger partial charge on any atom is -0.347 e. The molecule has 0 bridgehead atoms. The number of hydrogen-bond donors (Lipinski definition) is 1.